The molecule has 0 aromatic heterocycles. The Labute approximate surface area is 94.5 Å². The lowest BCUT2D eigenvalue weighted by Gasteiger charge is -2.05. The molecule has 1 aromatic rings. The van der Waals surface area contributed by atoms with Crippen LogP contribution in [0.2, 0.25) is 0 Å². The van der Waals surface area contributed by atoms with Gasteiger partial charge >= 0.3 is 6.03 Å². The number of carbonyl (C=O) groups is 1. The lowest BCUT2D eigenvalue weighted by atomic mass is 10.1. The molecular weight excluding hydrogens is 204 g/mol. The molecule has 84 valence electrons. The number of aliphatic hydroxyl groups is 1. The van der Waals surface area contributed by atoms with Gasteiger partial charge in [0.25, 0.3) is 0 Å². The number of hydrogen-bond acceptors (Lipinski definition) is 2. The summed E-state index contributed by atoms with van der Waals surface area (Å²) in [5.74, 6) is 5.74. The van der Waals surface area contributed by atoms with Crippen LogP contribution in [0.1, 0.15) is 17.5 Å². The normalized spacial score (nSPS) is 9.12. The Morgan fingerprint density at radius 2 is 2.31 bits per heavy atom. The average molecular weight is 218 g/mol. The first-order chi connectivity index (χ1) is 7.63. The van der Waals surface area contributed by atoms with E-state index < -0.39 is 6.03 Å². The van der Waals surface area contributed by atoms with E-state index in [1.54, 1.807) is 12.1 Å². The van der Waals surface area contributed by atoms with Crippen molar-refractivity contribution in [3.8, 4) is 11.8 Å². The maximum Gasteiger partial charge on any atom is 0.316 e. The zero-order valence-corrected chi connectivity index (χ0v) is 9.08. The third kappa shape index (κ3) is 3.64. The van der Waals surface area contributed by atoms with Crippen molar-refractivity contribution >= 4 is 11.7 Å². The number of aliphatic hydroxyl groups excluding tert-OH is 1. The minimum Gasteiger partial charge on any atom is -0.395 e. The van der Waals surface area contributed by atoms with Crippen LogP contribution < -0.4 is 11.1 Å². The lowest BCUT2D eigenvalue weighted by Crippen LogP contribution is -2.19. The number of amides is 2. The van der Waals surface area contributed by atoms with Crippen molar-refractivity contribution in [2.24, 2.45) is 5.73 Å². The van der Waals surface area contributed by atoms with Gasteiger partial charge in [-0.3, -0.25) is 0 Å². The van der Waals surface area contributed by atoms with Gasteiger partial charge in [-0.05, 0) is 30.7 Å². The first kappa shape index (κ1) is 12.1. The summed E-state index contributed by atoms with van der Waals surface area (Å²) < 4.78 is 0. The summed E-state index contributed by atoms with van der Waals surface area (Å²) in [5, 5.41) is 11.1. The number of rotatable bonds is 2. The molecule has 0 saturated heterocycles. The maximum atomic E-state index is 10.7. The van der Waals surface area contributed by atoms with Gasteiger partial charge in [0.05, 0.1) is 6.61 Å². The van der Waals surface area contributed by atoms with Crippen molar-refractivity contribution in [2.75, 3.05) is 11.9 Å². The molecule has 0 bridgehead atoms. The zero-order valence-electron chi connectivity index (χ0n) is 9.08. The fraction of sp³-hybridized carbons (Fsp3) is 0.250. The molecule has 0 unspecified atom stereocenters. The van der Waals surface area contributed by atoms with Gasteiger partial charge in [-0.2, -0.15) is 0 Å². The van der Waals surface area contributed by atoms with Crippen molar-refractivity contribution < 1.29 is 9.90 Å². The van der Waals surface area contributed by atoms with Gasteiger partial charge in [0.2, 0.25) is 0 Å². The number of anilines is 1. The molecular formula is C12H14N2O2. The fourth-order valence-corrected chi connectivity index (χ4v) is 1.23. The SMILES string of the molecule is Cc1cc(C#CCCO)ccc1NC(N)=O. The Hall–Kier alpha value is -1.99. The first-order valence-electron chi connectivity index (χ1n) is 4.90. The van der Waals surface area contributed by atoms with Crippen LogP contribution in [0.25, 0.3) is 0 Å². The molecule has 0 heterocycles. The molecule has 0 aliphatic carbocycles. The number of hydrogen-bond donors (Lipinski definition) is 3. The number of primary amides is 1. The van der Waals surface area contributed by atoms with Crippen molar-refractivity contribution in [1.82, 2.24) is 0 Å². The second-order valence-electron chi connectivity index (χ2n) is 3.29. The molecule has 0 spiro atoms. The summed E-state index contributed by atoms with van der Waals surface area (Å²) in [5.41, 5.74) is 7.45. The zero-order chi connectivity index (χ0) is 12.0. The number of benzene rings is 1. The van der Waals surface area contributed by atoms with Gasteiger partial charge in [0.15, 0.2) is 0 Å². The first-order valence-corrected chi connectivity index (χ1v) is 4.90. The highest BCUT2D eigenvalue weighted by Crippen LogP contribution is 2.15. The minimum atomic E-state index is -0.581. The molecule has 0 radical (unpaired) electrons. The Morgan fingerprint density at radius 1 is 1.56 bits per heavy atom. The van der Waals surface area contributed by atoms with Crippen LogP contribution >= 0.6 is 0 Å². The predicted molar refractivity (Wildman–Crippen MR) is 63.0 cm³/mol. The highest BCUT2D eigenvalue weighted by atomic mass is 16.2. The van der Waals surface area contributed by atoms with Crippen LogP contribution in [-0.4, -0.2) is 17.7 Å². The summed E-state index contributed by atoms with van der Waals surface area (Å²) in [6.45, 7) is 1.93. The average Bonchev–Trinajstić information content (AvgIpc) is 2.22. The predicted octanol–water partition coefficient (Wildman–Crippen LogP) is 1.22. The number of aryl methyl sites for hydroxylation is 1. The largest absolute Gasteiger partial charge is 0.395 e. The number of urea groups is 1. The third-order valence-corrected chi connectivity index (χ3v) is 1.95. The molecule has 2 amide bonds. The van der Waals surface area contributed by atoms with E-state index in [0.717, 1.165) is 11.1 Å². The van der Waals surface area contributed by atoms with E-state index in [1.165, 1.54) is 0 Å². The molecule has 1 rings (SSSR count). The van der Waals surface area contributed by atoms with Crippen molar-refractivity contribution in [1.29, 1.82) is 0 Å². The van der Waals surface area contributed by atoms with Crippen LogP contribution in [-0.2, 0) is 0 Å². The van der Waals surface area contributed by atoms with Gasteiger partial charge in [-0.1, -0.05) is 11.8 Å². The summed E-state index contributed by atoms with van der Waals surface area (Å²) in [4.78, 5) is 10.7. The summed E-state index contributed by atoms with van der Waals surface area (Å²) in [7, 11) is 0. The molecule has 4 nitrogen and oxygen atoms in total. The van der Waals surface area contributed by atoms with Crippen LogP contribution in [0.15, 0.2) is 18.2 Å². The molecule has 0 fully saturated rings. The Balaban J connectivity index is 2.83. The van der Waals surface area contributed by atoms with Gasteiger partial charge in [-0.25, -0.2) is 4.79 Å². The molecule has 4 N–H and O–H groups in total. The van der Waals surface area contributed by atoms with E-state index >= 15 is 0 Å². The maximum absolute atomic E-state index is 10.7. The fourth-order valence-electron chi connectivity index (χ4n) is 1.23. The van der Waals surface area contributed by atoms with Crippen molar-refractivity contribution in [3.63, 3.8) is 0 Å². The Morgan fingerprint density at radius 3 is 2.88 bits per heavy atom. The molecule has 0 aliphatic rings. The number of nitrogens with two attached hydrogens (primary N) is 1. The molecule has 4 heteroatoms. The van der Waals surface area contributed by atoms with Gasteiger partial charge in [0.1, 0.15) is 0 Å². The Bertz CT molecular complexity index is 444. The second-order valence-corrected chi connectivity index (χ2v) is 3.29. The van der Waals surface area contributed by atoms with E-state index in [2.05, 4.69) is 17.2 Å². The topological polar surface area (TPSA) is 75.3 Å². The van der Waals surface area contributed by atoms with Gasteiger partial charge in [0, 0.05) is 17.7 Å². The van der Waals surface area contributed by atoms with Crippen LogP contribution in [0.3, 0.4) is 0 Å². The van der Waals surface area contributed by atoms with Crippen LogP contribution in [0, 0.1) is 18.8 Å². The quantitative estimate of drug-likeness (QED) is 0.653. The van der Waals surface area contributed by atoms with E-state index in [-0.39, 0.29) is 6.61 Å². The van der Waals surface area contributed by atoms with E-state index in [0.29, 0.717) is 12.1 Å². The van der Waals surface area contributed by atoms with E-state index in [9.17, 15) is 4.79 Å². The Kier molecular flexibility index (Phi) is 4.37. The standard InChI is InChI=1S/C12H14N2O2/c1-9-8-10(4-2-3-7-15)5-6-11(9)14-12(13)16/h5-6,8,15H,3,7H2,1H3,(H3,13,14,16). The third-order valence-electron chi connectivity index (χ3n) is 1.95. The van der Waals surface area contributed by atoms with Crippen LogP contribution in [0.5, 0.6) is 0 Å². The van der Waals surface area contributed by atoms with Crippen molar-refractivity contribution in [2.45, 2.75) is 13.3 Å². The number of nitrogens with one attached hydrogen (secondary N) is 1. The van der Waals surface area contributed by atoms with Crippen LogP contribution in [0.4, 0.5) is 10.5 Å². The molecule has 0 aliphatic heterocycles. The van der Waals surface area contributed by atoms with Gasteiger partial charge < -0.3 is 16.2 Å². The summed E-state index contributed by atoms with van der Waals surface area (Å²) in [6, 6.07) is 4.82. The van der Waals surface area contributed by atoms with E-state index in [1.807, 2.05) is 13.0 Å². The summed E-state index contributed by atoms with van der Waals surface area (Å²) >= 11 is 0. The molecule has 0 saturated carbocycles. The molecule has 16 heavy (non-hydrogen) atoms. The lowest BCUT2D eigenvalue weighted by molar-refractivity contribution is 0.259. The molecule has 0 atom stereocenters. The van der Waals surface area contributed by atoms with Crippen molar-refractivity contribution in [3.05, 3.63) is 29.3 Å². The highest BCUT2D eigenvalue weighted by molar-refractivity contribution is 5.88. The van der Waals surface area contributed by atoms with Gasteiger partial charge in [-0.15, -0.1) is 0 Å². The molecule has 1 aromatic carbocycles. The highest BCUT2D eigenvalue weighted by Gasteiger charge is 2.00. The minimum absolute atomic E-state index is 0.0628. The number of carbonyl (C=O) groups excluding carboxylic acids is 1. The second kappa shape index (κ2) is 5.79. The summed E-state index contributed by atoms with van der Waals surface area (Å²) in [6.07, 6.45) is 0.459. The monoisotopic (exact) mass is 218 g/mol. The smallest absolute Gasteiger partial charge is 0.316 e. The van der Waals surface area contributed by atoms with E-state index in [4.69, 9.17) is 10.8 Å².